The van der Waals surface area contributed by atoms with Crippen molar-refractivity contribution in [3.63, 3.8) is 0 Å². The van der Waals surface area contributed by atoms with Crippen molar-refractivity contribution in [1.82, 2.24) is 9.97 Å². The molecule has 1 atom stereocenters. The fourth-order valence-electron chi connectivity index (χ4n) is 1.66. The van der Waals surface area contributed by atoms with Gasteiger partial charge in [-0.1, -0.05) is 44.5 Å². The Bertz CT molecular complexity index is 523. The third kappa shape index (κ3) is 3.78. The maximum absolute atomic E-state index is 9.01. The van der Waals surface area contributed by atoms with Crippen molar-refractivity contribution >= 4 is 0 Å². The van der Waals surface area contributed by atoms with Crippen molar-refractivity contribution < 1.29 is 9.84 Å². The molecule has 4 nitrogen and oxygen atoms in total. The molecule has 0 radical (unpaired) electrons. The molecule has 0 amide bonds. The Hall–Kier alpha value is -1.94. The molecule has 1 heterocycles. The summed E-state index contributed by atoms with van der Waals surface area (Å²) >= 11 is 0. The van der Waals surface area contributed by atoms with Crippen molar-refractivity contribution in [3.8, 4) is 17.1 Å². The Labute approximate surface area is 119 Å². The number of rotatable bonds is 6. The lowest BCUT2D eigenvalue weighted by Crippen LogP contribution is -2.07. The predicted octanol–water partition coefficient (Wildman–Crippen LogP) is 3.06. The molecule has 0 spiro atoms. The minimum absolute atomic E-state index is 0.0452. The Morgan fingerprint density at radius 1 is 1.15 bits per heavy atom. The van der Waals surface area contributed by atoms with Crippen molar-refractivity contribution in [2.75, 3.05) is 6.61 Å². The van der Waals surface area contributed by atoms with Gasteiger partial charge in [0, 0.05) is 5.56 Å². The maximum atomic E-state index is 9.01. The van der Waals surface area contributed by atoms with E-state index in [0.29, 0.717) is 24.1 Å². The quantitative estimate of drug-likeness (QED) is 0.878. The van der Waals surface area contributed by atoms with Crippen molar-refractivity contribution in [1.29, 1.82) is 0 Å². The summed E-state index contributed by atoms with van der Waals surface area (Å²) in [5, 5.41) is 9.01. The third-order valence-corrected chi connectivity index (χ3v) is 3.25. The minimum Gasteiger partial charge on any atom is -0.490 e. The van der Waals surface area contributed by atoms with E-state index in [2.05, 4.69) is 23.8 Å². The van der Waals surface area contributed by atoms with Crippen molar-refractivity contribution in [3.05, 3.63) is 42.2 Å². The summed E-state index contributed by atoms with van der Waals surface area (Å²) in [5.41, 5.74) is 1.80. The molecule has 0 fully saturated rings. The summed E-state index contributed by atoms with van der Waals surface area (Å²) in [5.74, 6) is 1.88. The summed E-state index contributed by atoms with van der Waals surface area (Å²) in [6.45, 7) is 5.02. The van der Waals surface area contributed by atoms with Gasteiger partial charge in [0.1, 0.15) is 0 Å². The maximum Gasteiger partial charge on any atom is 0.159 e. The van der Waals surface area contributed by atoms with E-state index in [-0.39, 0.29) is 6.61 Å². The van der Waals surface area contributed by atoms with Gasteiger partial charge in [0.2, 0.25) is 0 Å². The van der Waals surface area contributed by atoms with E-state index in [4.69, 9.17) is 9.84 Å². The van der Waals surface area contributed by atoms with Crippen LogP contribution in [-0.4, -0.2) is 21.7 Å². The van der Waals surface area contributed by atoms with Crippen LogP contribution >= 0.6 is 0 Å². The zero-order valence-electron chi connectivity index (χ0n) is 11.9. The van der Waals surface area contributed by atoms with Crippen LogP contribution in [0.2, 0.25) is 0 Å². The Balaban J connectivity index is 2.03. The van der Waals surface area contributed by atoms with E-state index < -0.39 is 0 Å². The Morgan fingerprint density at radius 2 is 1.80 bits per heavy atom. The molecule has 0 unspecified atom stereocenters. The number of benzene rings is 1. The smallest absolute Gasteiger partial charge is 0.159 e. The molecule has 0 aliphatic rings. The molecule has 4 heteroatoms. The molecule has 0 aliphatic carbocycles. The summed E-state index contributed by atoms with van der Waals surface area (Å²) in [6.07, 6.45) is 4.49. The molecule has 0 saturated heterocycles. The van der Waals surface area contributed by atoms with Gasteiger partial charge in [0.05, 0.1) is 25.6 Å². The van der Waals surface area contributed by atoms with Gasteiger partial charge < -0.3 is 9.84 Å². The molecule has 1 N–H and O–H groups in total. The summed E-state index contributed by atoms with van der Waals surface area (Å²) < 4.78 is 5.63. The fourth-order valence-corrected chi connectivity index (χ4v) is 1.66. The van der Waals surface area contributed by atoms with Crippen LogP contribution in [0, 0.1) is 5.92 Å². The number of hydrogen-bond donors (Lipinski definition) is 1. The van der Waals surface area contributed by atoms with E-state index >= 15 is 0 Å². The summed E-state index contributed by atoms with van der Waals surface area (Å²) in [7, 11) is 0. The van der Waals surface area contributed by atoms with Crippen LogP contribution in [0.25, 0.3) is 11.4 Å². The minimum atomic E-state index is 0.0452. The first-order valence-corrected chi connectivity index (χ1v) is 6.88. The van der Waals surface area contributed by atoms with Gasteiger partial charge in [-0.05, 0) is 11.5 Å². The second-order valence-electron chi connectivity index (χ2n) is 4.92. The fraction of sp³-hybridized carbons (Fsp3) is 0.375. The first-order chi connectivity index (χ1) is 9.72. The van der Waals surface area contributed by atoms with Crippen molar-refractivity contribution in [2.24, 2.45) is 5.92 Å². The highest BCUT2D eigenvalue weighted by atomic mass is 16.5. The van der Waals surface area contributed by atoms with Gasteiger partial charge in [-0.2, -0.15) is 0 Å². The molecular formula is C16H20N2O2. The van der Waals surface area contributed by atoms with Crippen LogP contribution in [0.5, 0.6) is 5.75 Å². The first kappa shape index (κ1) is 14.5. The predicted molar refractivity (Wildman–Crippen MR) is 78.3 cm³/mol. The molecule has 1 aromatic carbocycles. The standard InChI is InChI=1S/C16H20N2O2/c1-3-12(2)11-20-15-8-17-16(18-9-15)14-6-4-13(10-19)5-7-14/h4-9,12,19H,3,10-11H2,1-2H3/t12-/m0/s1. The number of nitrogens with zero attached hydrogens (tertiary/aromatic N) is 2. The largest absolute Gasteiger partial charge is 0.490 e. The van der Waals surface area contributed by atoms with Crippen LogP contribution in [0.1, 0.15) is 25.8 Å². The second kappa shape index (κ2) is 7.01. The third-order valence-electron chi connectivity index (χ3n) is 3.25. The Kier molecular flexibility index (Phi) is 5.07. The van der Waals surface area contributed by atoms with E-state index in [9.17, 15) is 0 Å². The lowest BCUT2D eigenvalue weighted by Gasteiger charge is -2.10. The van der Waals surface area contributed by atoms with Gasteiger partial charge in [0.25, 0.3) is 0 Å². The number of ether oxygens (including phenoxy) is 1. The van der Waals surface area contributed by atoms with E-state index in [1.165, 1.54) is 0 Å². The molecule has 20 heavy (non-hydrogen) atoms. The van der Waals surface area contributed by atoms with E-state index in [0.717, 1.165) is 17.5 Å². The molecular weight excluding hydrogens is 252 g/mol. The van der Waals surface area contributed by atoms with Gasteiger partial charge in [-0.3, -0.25) is 0 Å². The van der Waals surface area contributed by atoms with Crippen molar-refractivity contribution in [2.45, 2.75) is 26.9 Å². The second-order valence-corrected chi connectivity index (χ2v) is 4.92. The number of aliphatic hydroxyl groups is 1. The van der Waals surface area contributed by atoms with Crippen LogP contribution in [0.4, 0.5) is 0 Å². The van der Waals surface area contributed by atoms with Gasteiger partial charge >= 0.3 is 0 Å². The van der Waals surface area contributed by atoms with Crippen LogP contribution in [-0.2, 0) is 6.61 Å². The molecule has 106 valence electrons. The molecule has 2 rings (SSSR count). The highest BCUT2D eigenvalue weighted by Crippen LogP contribution is 2.17. The number of aliphatic hydroxyl groups excluding tert-OH is 1. The summed E-state index contributed by atoms with van der Waals surface area (Å²) in [4.78, 5) is 8.62. The van der Waals surface area contributed by atoms with Crippen LogP contribution < -0.4 is 4.74 Å². The monoisotopic (exact) mass is 272 g/mol. The molecule has 1 aromatic heterocycles. The number of hydrogen-bond acceptors (Lipinski definition) is 4. The lowest BCUT2D eigenvalue weighted by molar-refractivity contribution is 0.255. The van der Waals surface area contributed by atoms with Gasteiger partial charge in [0.15, 0.2) is 11.6 Å². The van der Waals surface area contributed by atoms with E-state index in [1.54, 1.807) is 12.4 Å². The molecule has 2 aromatic rings. The molecule has 0 saturated carbocycles. The normalized spacial score (nSPS) is 12.2. The summed E-state index contributed by atoms with van der Waals surface area (Å²) in [6, 6.07) is 7.54. The number of aromatic nitrogens is 2. The molecule has 0 bridgehead atoms. The van der Waals surface area contributed by atoms with Gasteiger partial charge in [-0.15, -0.1) is 0 Å². The molecule has 0 aliphatic heterocycles. The topological polar surface area (TPSA) is 55.2 Å². The zero-order chi connectivity index (χ0) is 14.4. The first-order valence-electron chi connectivity index (χ1n) is 6.88. The van der Waals surface area contributed by atoms with Crippen LogP contribution in [0.3, 0.4) is 0 Å². The van der Waals surface area contributed by atoms with Gasteiger partial charge in [-0.25, -0.2) is 9.97 Å². The highest BCUT2D eigenvalue weighted by Gasteiger charge is 2.04. The zero-order valence-corrected chi connectivity index (χ0v) is 11.9. The Morgan fingerprint density at radius 3 is 2.35 bits per heavy atom. The van der Waals surface area contributed by atoms with E-state index in [1.807, 2.05) is 24.3 Å². The average molecular weight is 272 g/mol. The highest BCUT2D eigenvalue weighted by molar-refractivity contribution is 5.55. The lowest BCUT2D eigenvalue weighted by atomic mass is 10.1. The average Bonchev–Trinajstić information content (AvgIpc) is 2.53. The van der Waals surface area contributed by atoms with Crippen LogP contribution in [0.15, 0.2) is 36.7 Å². The SMILES string of the molecule is CC[C@H](C)COc1cnc(-c2ccc(CO)cc2)nc1.